The van der Waals surface area contributed by atoms with Crippen molar-refractivity contribution in [3.8, 4) is 6.01 Å². The molecular weight excluding hydrogens is 216 g/mol. The van der Waals surface area contributed by atoms with Crippen LogP contribution in [0.5, 0.6) is 6.01 Å². The number of nitrogens with one attached hydrogen (secondary N) is 1. The average molecular weight is 224 g/mol. The van der Waals surface area contributed by atoms with Crippen LogP contribution in [0.3, 0.4) is 0 Å². The highest BCUT2D eigenvalue weighted by atomic mass is 35.5. The zero-order valence-electron chi connectivity index (χ0n) is 7.30. The number of alkyl halides is 2. The smallest absolute Gasteiger partial charge is 0.389 e. The van der Waals surface area contributed by atoms with Crippen LogP contribution < -0.4 is 10.1 Å². The topological polar surface area (TPSA) is 47.0 Å². The molecule has 4 nitrogen and oxygen atoms in total. The van der Waals surface area contributed by atoms with Gasteiger partial charge in [0.25, 0.3) is 0 Å². The van der Waals surface area contributed by atoms with E-state index in [1.807, 2.05) is 6.92 Å². The van der Waals surface area contributed by atoms with Gasteiger partial charge in [-0.05, 0) is 6.92 Å². The van der Waals surface area contributed by atoms with Crippen molar-refractivity contribution in [1.29, 1.82) is 0 Å². The first kappa shape index (κ1) is 10.9. The Labute approximate surface area is 84.3 Å². The lowest BCUT2D eigenvalue weighted by Crippen LogP contribution is -2.07. The third-order valence-electron chi connectivity index (χ3n) is 1.23. The molecule has 7 heteroatoms. The van der Waals surface area contributed by atoms with E-state index in [1.54, 1.807) is 0 Å². The second-order valence-corrected chi connectivity index (χ2v) is 2.65. The molecule has 0 saturated heterocycles. The van der Waals surface area contributed by atoms with Crippen LogP contribution in [0.15, 0.2) is 6.07 Å². The first-order valence-electron chi connectivity index (χ1n) is 3.85. The fourth-order valence-corrected chi connectivity index (χ4v) is 0.976. The van der Waals surface area contributed by atoms with E-state index < -0.39 is 12.6 Å². The van der Waals surface area contributed by atoms with E-state index in [-0.39, 0.29) is 5.15 Å². The number of aromatic nitrogens is 2. The molecule has 0 aliphatic carbocycles. The Morgan fingerprint density at radius 3 is 2.86 bits per heavy atom. The van der Waals surface area contributed by atoms with E-state index in [1.165, 1.54) is 6.07 Å². The van der Waals surface area contributed by atoms with Crippen molar-refractivity contribution in [2.24, 2.45) is 0 Å². The van der Waals surface area contributed by atoms with Gasteiger partial charge in [0.2, 0.25) is 0 Å². The Morgan fingerprint density at radius 2 is 2.29 bits per heavy atom. The van der Waals surface area contributed by atoms with E-state index in [2.05, 4.69) is 20.0 Å². The van der Waals surface area contributed by atoms with E-state index >= 15 is 0 Å². The van der Waals surface area contributed by atoms with Gasteiger partial charge in [-0.1, -0.05) is 11.6 Å². The quantitative estimate of drug-likeness (QED) is 0.795. The third-order valence-corrected chi connectivity index (χ3v) is 1.42. The van der Waals surface area contributed by atoms with Crippen LogP contribution in [0.4, 0.5) is 14.6 Å². The summed E-state index contributed by atoms with van der Waals surface area (Å²) in [5.41, 5.74) is 0. The molecule has 1 aromatic rings. The predicted molar refractivity (Wildman–Crippen MR) is 47.8 cm³/mol. The van der Waals surface area contributed by atoms with Crippen LogP contribution in [0, 0.1) is 0 Å². The molecule has 0 unspecified atom stereocenters. The largest absolute Gasteiger partial charge is 0.401 e. The molecule has 1 rings (SSSR count). The lowest BCUT2D eigenvalue weighted by molar-refractivity contribution is -0.0559. The first-order valence-corrected chi connectivity index (χ1v) is 4.23. The van der Waals surface area contributed by atoms with Crippen molar-refractivity contribution in [1.82, 2.24) is 9.97 Å². The maximum absolute atomic E-state index is 11.8. The summed E-state index contributed by atoms with van der Waals surface area (Å²) in [5, 5.41) is 2.85. The van der Waals surface area contributed by atoms with Crippen molar-refractivity contribution in [2.75, 3.05) is 11.9 Å². The van der Waals surface area contributed by atoms with E-state index in [4.69, 9.17) is 11.6 Å². The van der Waals surface area contributed by atoms with E-state index in [0.29, 0.717) is 12.4 Å². The number of anilines is 1. The molecule has 0 amide bonds. The molecule has 14 heavy (non-hydrogen) atoms. The molecule has 78 valence electrons. The molecule has 1 N–H and O–H groups in total. The van der Waals surface area contributed by atoms with Gasteiger partial charge in [0, 0.05) is 12.6 Å². The van der Waals surface area contributed by atoms with Crippen molar-refractivity contribution >= 4 is 17.4 Å². The van der Waals surface area contributed by atoms with Crippen LogP contribution in [0.1, 0.15) is 6.92 Å². The number of rotatable bonds is 4. The average Bonchev–Trinajstić information content (AvgIpc) is 2.01. The fraction of sp³-hybridized carbons (Fsp3) is 0.429. The monoisotopic (exact) mass is 223 g/mol. The number of hydrogen-bond acceptors (Lipinski definition) is 4. The van der Waals surface area contributed by atoms with Gasteiger partial charge in [0.15, 0.2) is 0 Å². The van der Waals surface area contributed by atoms with Gasteiger partial charge in [-0.15, -0.1) is 0 Å². The van der Waals surface area contributed by atoms with Gasteiger partial charge in [-0.25, -0.2) is 0 Å². The lowest BCUT2D eigenvalue weighted by Gasteiger charge is -2.05. The van der Waals surface area contributed by atoms with E-state index in [9.17, 15) is 8.78 Å². The fourth-order valence-electron chi connectivity index (χ4n) is 0.801. The zero-order chi connectivity index (χ0) is 10.6. The normalized spacial score (nSPS) is 10.4. The molecular formula is C7H8ClF2N3O. The Morgan fingerprint density at radius 1 is 1.57 bits per heavy atom. The van der Waals surface area contributed by atoms with Gasteiger partial charge >= 0.3 is 12.6 Å². The maximum atomic E-state index is 11.8. The van der Waals surface area contributed by atoms with Crippen LogP contribution in [-0.4, -0.2) is 23.1 Å². The standard InChI is InChI=1S/C7H8ClF2N3O/c1-2-11-5-3-4(8)12-7(13-5)14-6(9)10/h3,6H,2H2,1H3,(H,11,12,13). The second-order valence-electron chi connectivity index (χ2n) is 2.27. The molecule has 0 bridgehead atoms. The summed E-state index contributed by atoms with van der Waals surface area (Å²) >= 11 is 5.55. The summed E-state index contributed by atoms with van der Waals surface area (Å²) in [6.45, 7) is -0.520. The van der Waals surface area contributed by atoms with Crippen LogP contribution in [-0.2, 0) is 0 Å². The third kappa shape index (κ3) is 3.29. The van der Waals surface area contributed by atoms with Gasteiger partial charge in [-0.3, -0.25) is 0 Å². The minimum absolute atomic E-state index is 0.0478. The van der Waals surface area contributed by atoms with E-state index in [0.717, 1.165) is 0 Å². The highest BCUT2D eigenvalue weighted by Gasteiger charge is 2.09. The summed E-state index contributed by atoms with van der Waals surface area (Å²) in [7, 11) is 0. The highest BCUT2D eigenvalue weighted by molar-refractivity contribution is 6.29. The second kappa shape index (κ2) is 4.90. The Bertz CT molecular complexity index is 311. The van der Waals surface area contributed by atoms with Crippen molar-refractivity contribution < 1.29 is 13.5 Å². The summed E-state index contributed by atoms with van der Waals surface area (Å²) in [4.78, 5) is 7.12. The van der Waals surface area contributed by atoms with Gasteiger partial charge < -0.3 is 10.1 Å². The van der Waals surface area contributed by atoms with Gasteiger partial charge in [0.05, 0.1) is 0 Å². The predicted octanol–water partition coefficient (Wildman–Crippen LogP) is 2.16. The molecule has 0 fully saturated rings. The summed E-state index contributed by atoms with van der Waals surface area (Å²) < 4.78 is 27.6. The SMILES string of the molecule is CCNc1cc(Cl)nc(OC(F)F)n1. The Kier molecular flexibility index (Phi) is 3.82. The molecule has 0 saturated carbocycles. The molecule has 0 aliphatic rings. The van der Waals surface area contributed by atoms with Gasteiger partial charge in [-0.2, -0.15) is 18.7 Å². The number of halogens is 3. The number of ether oxygens (including phenoxy) is 1. The number of nitrogens with zero attached hydrogens (tertiary/aromatic N) is 2. The van der Waals surface area contributed by atoms with Crippen LogP contribution >= 0.6 is 11.6 Å². The summed E-state index contributed by atoms with van der Waals surface area (Å²) in [6, 6.07) is 0.979. The molecule has 0 atom stereocenters. The summed E-state index contributed by atoms with van der Waals surface area (Å²) in [5.74, 6) is 0.350. The lowest BCUT2D eigenvalue weighted by atomic mass is 10.5. The van der Waals surface area contributed by atoms with Crippen LogP contribution in [0.2, 0.25) is 5.15 Å². The molecule has 0 aliphatic heterocycles. The van der Waals surface area contributed by atoms with Crippen molar-refractivity contribution in [3.05, 3.63) is 11.2 Å². The summed E-state index contributed by atoms with van der Waals surface area (Å²) in [6.07, 6.45) is 0. The molecule has 0 radical (unpaired) electrons. The van der Waals surface area contributed by atoms with Gasteiger partial charge in [0.1, 0.15) is 11.0 Å². The molecule has 1 aromatic heterocycles. The van der Waals surface area contributed by atoms with Crippen molar-refractivity contribution in [2.45, 2.75) is 13.5 Å². The molecule has 1 heterocycles. The maximum Gasteiger partial charge on any atom is 0.389 e. The minimum atomic E-state index is -2.96. The molecule has 0 spiro atoms. The number of hydrogen-bond donors (Lipinski definition) is 1. The Balaban J connectivity index is 2.83. The first-order chi connectivity index (χ1) is 6.61. The minimum Gasteiger partial charge on any atom is -0.401 e. The molecule has 0 aromatic carbocycles. The van der Waals surface area contributed by atoms with Crippen molar-refractivity contribution in [3.63, 3.8) is 0 Å². The van der Waals surface area contributed by atoms with Crippen LogP contribution in [0.25, 0.3) is 0 Å². The highest BCUT2D eigenvalue weighted by Crippen LogP contribution is 2.16. The zero-order valence-corrected chi connectivity index (χ0v) is 8.05. The Hall–Kier alpha value is -1.17.